The average Bonchev–Trinajstić information content (AvgIpc) is 3.39. The molecule has 2 aromatic rings. The smallest absolute Gasteiger partial charge is 0.410 e. The standard InChI is InChI=1S/C19H23N3O9S2/c1-28-18(29-2)17-20-15(11-32-17)16-8-14(31-33(3,26)27)9-21(16)19(23)30-10-12-4-6-13(7-5-12)22(24)25/h4-7,11,14,16,18H,8-10H2,1-3H3. The summed E-state index contributed by atoms with van der Waals surface area (Å²) in [4.78, 5) is 29.0. The van der Waals surface area contributed by atoms with Crippen molar-refractivity contribution in [3.05, 3.63) is 56.0 Å². The second kappa shape index (κ2) is 10.5. The number of carbonyl (C=O) groups excluding carboxylic acids is 1. The molecule has 1 amide bonds. The molecule has 1 saturated heterocycles. The van der Waals surface area contributed by atoms with Crippen molar-refractivity contribution in [2.75, 3.05) is 27.0 Å². The van der Waals surface area contributed by atoms with E-state index in [0.717, 1.165) is 6.26 Å². The van der Waals surface area contributed by atoms with E-state index in [9.17, 15) is 23.3 Å². The van der Waals surface area contributed by atoms with Crippen LogP contribution in [0.4, 0.5) is 10.5 Å². The number of non-ortho nitro benzene ring substituents is 1. The van der Waals surface area contributed by atoms with E-state index in [1.807, 2.05) is 0 Å². The third-order valence-electron chi connectivity index (χ3n) is 4.83. The van der Waals surface area contributed by atoms with Crippen LogP contribution in [0.5, 0.6) is 0 Å². The zero-order chi connectivity index (χ0) is 24.2. The maximum atomic E-state index is 12.9. The minimum absolute atomic E-state index is 0.0122. The van der Waals surface area contributed by atoms with Crippen LogP contribution >= 0.6 is 11.3 Å². The van der Waals surface area contributed by atoms with Gasteiger partial charge in [0.05, 0.1) is 35.6 Å². The molecule has 180 valence electrons. The molecular formula is C19H23N3O9S2. The Hall–Kier alpha value is -2.65. The van der Waals surface area contributed by atoms with Gasteiger partial charge in [0.2, 0.25) is 6.29 Å². The Bertz CT molecular complexity index is 1080. The zero-order valence-corrected chi connectivity index (χ0v) is 19.7. The summed E-state index contributed by atoms with van der Waals surface area (Å²) >= 11 is 1.28. The van der Waals surface area contributed by atoms with Crippen molar-refractivity contribution >= 4 is 33.2 Å². The highest BCUT2D eigenvalue weighted by atomic mass is 32.2. The number of hydrogen-bond acceptors (Lipinski definition) is 11. The molecular weight excluding hydrogens is 478 g/mol. The first-order valence-corrected chi connectivity index (χ1v) is 12.4. The second-order valence-electron chi connectivity index (χ2n) is 7.22. The lowest BCUT2D eigenvalue weighted by atomic mass is 10.1. The molecule has 0 N–H and O–H groups in total. The van der Waals surface area contributed by atoms with Crippen molar-refractivity contribution in [2.24, 2.45) is 0 Å². The van der Waals surface area contributed by atoms with E-state index in [1.165, 1.54) is 54.7 Å². The Morgan fingerprint density at radius 3 is 2.55 bits per heavy atom. The molecule has 2 unspecified atom stereocenters. The largest absolute Gasteiger partial charge is 0.445 e. The first-order valence-electron chi connectivity index (χ1n) is 9.67. The van der Waals surface area contributed by atoms with Gasteiger partial charge in [0, 0.05) is 38.2 Å². The third kappa shape index (κ3) is 6.45. The molecule has 0 bridgehead atoms. The highest BCUT2D eigenvalue weighted by Gasteiger charge is 2.40. The number of nitrogens with zero attached hydrogens (tertiary/aromatic N) is 3. The lowest BCUT2D eigenvalue weighted by molar-refractivity contribution is -0.384. The monoisotopic (exact) mass is 501 g/mol. The first-order chi connectivity index (χ1) is 15.6. The van der Waals surface area contributed by atoms with Gasteiger partial charge in [-0.1, -0.05) is 0 Å². The zero-order valence-electron chi connectivity index (χ0n) is 18.1. The molecule has 33 heavy (non-hydrogen) atoms. The summed E-state index contributed by atoms with van der Waals surface area (Å²) in [5, 5.41) is 13.1. The molecule has 0 saturated carbocycles. The summed E-state index contributed by atoms with van der Waals surface area (Å²) in [5.74, 6) is 0. The van der Waals surface area contributed by atoms with Gasteiger partial charge in [-0.3, -0.25) is 19.2 Å². The molecule has 1 aromatic heterocycles. The fraction of sp³-hybridized carbons (Fsp3) is 0.474. The number of hydrogen-bond donors (Lipinski definition) is 0. The first kappa shape index (κ1) is 25.0. The number of amides is 1. The number of aromatic nitrogens is 1. The predicted octanol–water partition coefficient (Wildman–Crippen LogP) is 2.77. The van der Waals surface area contributed by atoms with Crippen molar-refractivity contribution in [1.82, 2.24) is 9.88 Å². The minimum atomic E-state index is -3.74. The van der Waals surface area contributed by atoms with Gasteiger partial charge in [-0.05, 0) is 17.7 Å². The number of carbonyl (C=O) groups is 1. The summed E-state index contributed by atoms with van der Waals surface area (Å²) in [5.41, 5.74) is 1.02. The van der Waals surface area contributed by atoms with E-state index < -0.39 is 39.6 Å². The Balaban J connectivity index is 1.75. The molecule has 3 rings (SSSR count). The predicted molar refractivity (Wildman–Crippen MR) is 116 cm³/mol. The minimum Gasteiger partial charge on any atom is -0.445 e. The van der Waals surface area contributed by atoms with Gasteiger partial charge >= 0.3 is 6.09 Å². The highest BCUT2D eigenvalue weighted by Crippen LogP contribution is 2.36. The maximum Gasteiger partial charge on any atom is 0.410 e. The van der Waals surface area contributed by atoms with Crippen molar-refractivity contribution in [3.63, 3.8) is 0 Å². The van der Waals surface area contributed by atoms with Gasteiger partial charge in [0.25, 0.3) is 15.8 Å². The highest BCUT2D eigenvalue weighted by molar-refractivity contribution is 7.86. The van der Waals surface area contributed by atoms with E-state index in [2.05, 4.69) is 4.98 Å². The van der Waals surface area contributed by atoms with Gasteiger partial charge in [0.1, 0.15) is 11.6 Å². The Morgan fingerprint density at radius 1 is 1.30 bits per heavy atom. The van der Waals surface area contributed by atoms with E-state index in [0.29, 0.717) is 16.3 Å². The Kier molecular flexibility index (Phi) is 7.97. The molecule has 1 fully saturated rings. The molecule has 14 heteroatoms. The lowest BCUT2D eigenvalue weighted by Crippen LogP contribution is -2.33. The summed E-state index contributed by atoms with van der Waals surface area (Å²) in [6.45, 7) is -0.128. The van der Waals surface area contributed by atoms with Crippen LogP contribution in [0, 0.1) is 10.1 Å². The quantitative estimate of drug-likeness (QED) is 0.217. The summed E-state index contributed by atoms with van der Waals surface area (Å²) in [6, 6.07) is 5.03. The second-order valence-corrected chi connectivity index (χ2v) is 9.71. The molecule has 0 radical (unpaired) electrons. The van der Waals surface area contributed by atoms with Crippen LogP contribution in [0.25, 0.3) is 0 Å². The van der Waals surface area contributed by atoms with Crippen LogP contribution in [0.3, 0.4) is 0 Å². The SMILES string of the molecule is COC(OC)c1nc(C2CC(OS(C)(=O)=O)CN2C(=O)OCc2ccc([N+](=O)[O-])cc2)cs1. The van der Waals surface area contributed by atoms with Crippen molar-refractivity contribution in [3.8, 4) is 0 Å². The fourth-order valence-electron chi connectivity index (χ4n) is 3.40. The van der Waals surface area contributed by atoms with Crippen molar-refractivity contribution < 1.29 is 36.5 Å². The van der Waals surface area contributed by atoms with Gasteiger partial charge < -0.3 is 14.2 Å². The summed E-state index contributed by atoms with van der Waals surface area (Å²) in [6.07, 6.45) is -0.977. The average molecular weight is 502 g/mol. The van der Waals surface area contributed by atoms with Crippen LogP contribution in [-0.4, -0.2) is 62.4 Å². The van der Waals surface area contributed by atoms with Gasteiger partial charge in [-0.2, -0.15) is 8.42 Å². The normalized spacial score (nSPS) is 18.6. The third-order valence-corrected chi connectivity index (χ3v) is 6.33. The Morgan fingerprint density at radius 2 is 1.97 bits per heavy atom. The van der Waals surface area contributed by atoms with Gasteiger partial charge in [-0.25, -0.2) is 9.78 Å². The van der Waals surface area contributed by atoms with E-state index in [4.69, 9.17) is 18.4 Å². The number of likely N-dealkylation sites (tertiary alicyclic amines) is 1. The molecule has 1 aliphatic heterocycles. The van der Waals surface area contributed by atoms with Crippen LogP contribution in [0.15, 0.2) is 29.6 Å². The number of ether oxygens (including phenoxy) is 3. The molecule has 2 atom stereocenters. The molecule has 0 aliphatic carbocycles. The van der Waals surface area contributed by atoms with Crippen LogP contribution in [0.1, 0.15) is 35.0 Å². The molecule has 1 aromatic carbocycles. The molecule has 2 heterocycles. The van der Waals surface area contributed by atoms with E-state index in [-0.39, 0.29) is 25.3 Å². The number of rotatable bonds is 9. The Labute approximate surface area is 194 Å². The molecule has 0 spiro atoms. The topological polar surface area (TPSA) is 147 Å². The molecule has 12 nitrogen and oxygen atoms in total. The molecule has 1 aliphatic rings. The number of thiazole rings is 1. The number of methoxy groups -OCH3 is 2. The number of benzene rings is 1. The maximum absolute atomic E-state index is 12.9. The van der Waals surface area contributed by atoms with Crippen LogP contribution < -0.4 is 0 Å². The van der Waals surface area contributed by atoms with E-state index >= 15 is 0 Å². The van der Waals surface area contributed by atoms with Gasteiger partial charge in [-0.15, -0.1) is 11.3 Å². The lowest BCUT2D eigenvalue weighted by Gasteiger charge is -2.22. The number of nitro groups is 1. The summed E-state index contributed by atoms with van der Waals surface area (Å²) in [7, 11) is -0.787. The van der Waals surface area contributed by atoms with Crippen LogP contribution in [0.2, 0.25) is 0 Å². The van der Waals surface area contributed by atoms with Crippen molar-refractivity contribution in [1.29, 1.82) is 0 Å². The summed E-state index contributed by atoms with van der Waals surface area (Å²) < 4.78 is 44.1. The van der Waals surface area contributed by atoms with E-state index in [1.54, 1.807) is 5.38 Å². The van der Waals surface area contributed by atoms with Crippen molar-refractivity contribution in [2.45, 2.75) is 31.5 Å². The fourth-order valence-corrected chi connectivity index (χ4v) is 4.95. The van der Waals surface area contributed by atoms with Gasteiger partial charge in [0.15, 0.2) is 0 Å². The number of nitro benzene ring substituents is 1. The van der Waals surface area contributed by atoms with Crippen LogP contribution in [-0.2, 0) is 35.1 Å².